The van der Waals surface area contributed by atoms with Gasteiger partial charge in [0.05, 0.1) is 10.9 Å². The Balaban J connectivity index is 2.43. The van der Waals surface area contributed by atoms with E-state index in [1.54, 1.807) is 0 Å². The van der Waals surface area contributed by atoms with Crippen LogP contribution < -0.4 is 11.1 Å². The van der Waals surface area contributed by atoms with Crippen LogP contribution in [0.15, 0.2) is 17.1 Å². The molecule has 15 heavy (non-hydrogen) atoms. The molecule has 0 saturated carbocycles. The van der Waals surface area contributed by atoms with Gasteiger partial charge in [-0.1, -0.05) is 18.5 Å². The molecule has 5 heteroatoms. The molecule has 0 bridgehead atoms. The Labute approximate surface area is 99.3 Å². The maximum Gasteiger partial charge on any atom is 0.189 e. The second-order valence-electron chi connectivity index (χ2n) is 3.36. The molecule has 0 aliphatic rings. The zero-order valence-corrected chi connectivity index (χ0v) is 10.5. The molecule has 0 saturated heterocycles. The van der Waals surface area contributed by atoms with E-state index >= 15 is 0 Å². The molecule has 0 fully saturated rings. The van der Waals surface area contributed by atoms with E-state index in [0.717, 1.165) is 15.6 Å². The lowest BCUT2D eigenvalue weighted by molar-refractivity contribution is 0.636. The molecule has 0 radical (unpaired) electrons. The number of nitrogens with two attached hydrogens (primary N) is 1. The van der Waals surface area contributed by atoms with Crippen molar-refractivity contribution in [2.75, 3.05) is 0 Å². The van der Waals surface area contributed by atoms with Gasteiger partial charge in [-0.3, -0.25) is 0 Å². The second-order valence-corrected chi connectivity index (χ2v) is 5.16. The fourth-order valence-corrected chi connectivity index (χ4v) is 2.01. The van der Waals surface area contributed by atoms with E-state index in [1.807, 2.05) is 12.1 Å². The number of rotatable bonds is 4. The quantitative estimate of drug-likeness (QED) is 0.633. The fraction of sp³-hybridized carbons (Fsp3) is 0.500. The van der Waals surface area contributed by atoms with E-state index in [1.165, 1.54) is 11.3 Å². The standard InChI is InChI=1S/C10H16ClN3S/c1-3-7(2)14-10(12)13-6-8-4-5-9(11)15-8/h4-5,7H,3,6H2,1-2H3,(H3,12,13,14). The smallest absolute Gasteiger partial charge is 0.189 e. The summed E-state index contributed by atoms with van der Waals surface area (Å²) in [7, 11) is 0. The molecule has 0 aliphatic carbocycles. The Morgan fingerprint density at radius 2 is 2.40 bits per heavy atom. The first kappa shape index (κ1) is 12.3. The number of thiophene rings is 1. The number of guanidine groups is 1. The summed E-state index contributed by atoms with van der Waals surface area (Å²) in [5.41, 5.74) is 5.72. The lowest BCUT2D eigenvalue weighted by Gasteiger charge is -2.11. The van der Waals surface area contributed by atoms with E-state index in [4.69, 9.17) is 17.3 Å². The van der Waals surface area contributed by atoms with Gasteiger partial charge in [0.15, 0.2) is 5.96 Å². The minimum atomic E-state index is 0.362. The normalized spacial score (nSPS) is 13.9. The molecule has 84 valence electrons. The maximum absolute atomic E-state index is 5.81. The van der Waals surface area contributed by atoms with E-state index in [2.05, 4.69) is 24.2 Å². The average molecular weight is 246 g/mol. The Kier molecular flexibility index (Phi) is 4.91. The van der Waals surface area contributed by atoms with Crippen LogP contribution in [-0.2, 0) is 6.54 Å². The number of nitrogens with zero attached hydrogens (tertiary/aromatic N) is 1. The molecular formula is C10H16ClN3S. The number of nitrogens with one attached hydrogen (secondary N) is 1. The predicted octanol–water partition coefficient (Wildman–Crippen LogP) is 2.60. The maximum atomic E-state index is 5.81. The van der Waals surface area contributed by atoms with Crippen molar-refractivity contribution < 1.29 is 0 Å². The van der Waals surface area contributed by atoms with Crippen molar-refractivity contribution in [3.63, 3.8) is 0 Å². The molecule has 1 rings (SSSR count). The lowest BCUT2D eigenvalue weighted by Crippen LogP contribution is -2.37. The highest BCUT2D eigenvalue weighted by atomic mass is 35.5. The average Bonchev–Trinajstić information content (AvgIpc) is 2.61. The third kappa shape index (κ3) is 4.53. The Bertz CT molecular complexity index is 335. The Morgan fingerprint density at radius 1 is 1.67 bits per heavy atom. The van der Waals surface area contributed by atoms with Crippen molar-refractivity contribution >= 4 is 28.9 Å². The Morgan fingerprint density at radius 3 is 2.93 bits per heavy atom. The molecule has 3 N–H and O–H groups in total. The molecule has 0 aromatic carbocycles. The van der Waals surface area contributed by atoms with Gasteiger partial charge in [0.2, 0.25) is 0 Å². The van der Waals surface area contributed by atoms with Gasteiger partial charge in [-0.25, -0.2) is 4.99 Å². The molecule has 1 aromatic rings. The van der Waals surface area contributed by atoms with Gasteiger partial charge in [0.25, 0.3) is 0 Å². The van der Waals surface area contributed by atoms with Crippen molar-refractivity contribution in [3.8, 4) is 0 Å². The summed E-state index contributed by atoms with van der Waals surface area (Å²) in [4.78, 5) is 5.35. The van der Waals surface area contributed by atoms with Crippen LogP contribution in [0.3, 0.4) is 0 Å². The van der Waals surface area contributed by atoms with E-state index < -0.39 is 0 Å². The van der Waals surface area contributed by atoms with E-state index in [-0.39, 0.29) is 0 Å². The lowest BCUT2D eigenvalue weighted by atomic mass is 10.3. The highest BCUT2D eigenvalue weighted by Crippen LogP contribution is 2.21. The minimum Gasteiger partial charge on any atom is -0.370 e. The first-order valence-corrected chi connectivity index (χ1v) is 6.12. The van der Waals surface area contributed by atoms with Crippen LogP contribution in [0, 0.1) is 0 Å². The summed E-state index contributed by atoms with van der Waals surface area (Å²) >= 11 is 7.34. The Hall–Kier alpha value is -0.740. The highest BCUT2D eigenvalue weighted by molar-refractivity contribution is 7.16. The van der Waals surface area contributed by atoms with Crippen LogP contribution in [0.1, 0.15) is 25.1 Å². The second kappa shape index (κ2) is 5.98. The van der Waals surface area contributed by atoms with Crippen molar-refractivity contribution in [2.24, 2.45) is 10.7 Å². The van der Waals surface area contributed by atoms with Gasteiger partial charge >= 0.3 is 0 Å². The van der Waals surface area contributed by atoms with Crippen LogP contribution in [-0.4, -0.2) is 12.0 Å². The van der Waals surface area contributed by atoms with Crippen LogP contribution in [0.4, 0.5) is 0 Å². The molecule has 1 unspecified atom stereocenters. The fourth-order valence-electron chi connectivity index (χ4n) is 1.000. The topological polar surface area (TPSA) is 50.4 Å². The van der Waals surface area contributed by atoms with Crippen molar-refractivity contribution in [1.82, 2.24) is 5.32 Å². The van der Waals surface area contributed by atoms with Gasteiger partial charge < -0.3 is 11.1 Å². The molecule has 0 amide bonds. The van der Waals surface area contributed by atoms with Crippen LogP contribution in [0.25, 0.3) is 0 Å². The molecule has 1 heterocycles. The molecule has 3 nitrogen and oxygen atoms in total. The number of halogens is 1. The van der Waals surface area contributed by atoms with Gasteiger partial charge in [-0.05, 0) is 25.5 Å². The SMILES string of the molecule is CCC(C)NC(N)=NCc1ccc(Cl)s1. The summed E-state index contributed by atoms with van der Waals surface area (Å²) in [5, 5.41) is 3.11. The third-order valence-corrected chi connectivity index (χ3v) is 3.26. The molecular weight excluding hydrogens is 230 g/mol. The highest BCUT2D eigenvalue weighted by Gasteiger charge is 2.00. The summed E-state index contributed by atoms with van der Waals surface area (Å²) in [6.45, 7) is 4.76. The van der Waals surface area contributed by atoms with Gasteiger partial charge in [-0.2, -0.15) is 0 Å². The number of hydrogen-bond donors (Lipinski definition) is 2. The monoisotopic (exact) mass is 245 g/mol. The van der Waals surface area contributed by atoms with E-state index in [0.29, 0.717) is 18.5 Å². The largest absolute Gasteiger partial charge is 0.370 e. The zero-order chi connectivity index (χ0) is 11.3. The summed E-state index contributed by atoms with van der Waals surface area (Å²) in [6, 6.07) is 4.20. The van der Waals surface area contributed by atoms with Gasteiger partial charge in [0.1, 0.15) is 0 Å². The molecule has 1 atom stereocenters. The number of hydrogen-bond acceptors (Lipinski definition) is 2. The molecule has 0 aliphatic heterocycles. The summed E-state index contributed by atoms with van der Waals surface area (Å²) in [5.74, 6) is 0.494. The summed E-state index contributed by atoms with van der Waals surface area (Å²) < 4.78 is 0.786. The van der Waals surface area contributed by atoms with Crippen molar-refractivity contribution in [3.05, 3.63) is 21.3 Å². The minimum absolute atomic E-state index is 0.362. The van der Waals surface area contributed by atoms with Crippen molar-refractivity contribution in [1.29, 1.82) is 0 Å². The predicted molar refractivity (Wildman–Crippen MR) is 67.5 cm³/mol. The van der Waals surface area contributed by atoms with E-state index in [9.17, 15) is 0 Å². The first-order valence-electron chi connectivity index (χ1n) is 4.92. The molecule has 0 spiro atoms. The van der Waals surface area contributed by atoms with Crippen LogP contribution in [0.5, 0.6) is 0 Å². The van der Waals surface area contributed by atoms with Gasteiger partial charge in [0, 0.05) is 10.9 Å². The van der Waals surface area contributed by atoms with Gasteiger partial charge in [-0.15, -0.1) is 11.3 Å². The molecule has 1 aromatic heterocycles. The van der Waals surface area contributed by atoms with Crippen molar-refractivity contribution in [2.45, 2.75) is 32.9 Å². The van der Waals surface area contributed by atoms with Crippen LogP contribution in [0.2, 0.25) is 4.34 Å². The van der Waals surface area contributed by atoms with Crippen LogP contribution >= 0.6 is 22.9 Å². The first-order chi connectivity index (χ1) is 7.11. The zero-order valence-electron chi connectivity index (χ0n) is 8.96. The third-order valence-electron chi connectivity index (χ3n) is 2.04. The number of aliphatic imine (C=N–C) groups is 1. The summed E-state index contributed by atoms with van der Waals surface area (Å²) in [6.07, 6.45) is 1.03.